The predicted molar refractivity (Wildman–Crippen MR) is 70.1 cm³/mol. The van der Waals surface area contributed by atoms with Crippen molar-refractivity contribution in [3.8, 4) is 0 Å². The molecule has 108 valence electrons. The number of rotatable bonds is 4. The molecule has 1 aliphatic rings. The first-order chi connectivity index (χ1) is 8.99. The molecular formula is C13H19F3N2S. The van der Waals surface area contributed by atoms with Crippen molar-refractivity contribution in [1.82, 2.24) is 10.3 Å². The number of halogens is 3. The molecule has 19 heavy (non-hydrogen) atoms. The summed E-state index contributed by atoms with van der Waals surface area (Å²) < 4.78 is 38.1. The predicted octanol–water partition coefficient (Wildman–Crippen LogP) is 3.92. The lowest BCUT2D eigenvalue weighted by molar-refractivity contribution is -0.183. The maximum absolute atomic E-state index is 12.7. The Bertz CT molecular complexity index is 403. The summed E-state index contributed by atoms with van der Waals surface area (Å²) in [5, 5.41) is 4.19. The van der Waals surface area contributed by atoms with Crippen molar-refractivity contribution in [2.75, 3.05) is 0 Å². The number of hydrogen-bond acceptors (Lipinski definition) is 3. The molecule has 0 aromatic carbocycles. The second kappa shape index (κ2) is 6.22. The van der Waals surface area contributed by atoms with Crippen molar-refractivity contribution in [2.45, 2.75) is 57.8 Å². The van der Waals surface area contributed by atoms with E-state index in [0.717, 1.165) is 17.8 Å². The van der Waals surface area contributed by atoms with Crippen molar-refractivity contribution < 1.29 is 13.2 Å². The number of aryl methyl sites for hydroxylation is 1. The highest BCUT2D eigenvalue weighted by atomic mass is 32.1. The molecule has 2 nitrogen and oxygen atoms in total. The summed E-state index contributed by atoms with van der Waals surface area (Å²) >= 11 is 1.63. The van der Waals surface area contributed by atoms with Gasteiger partial charge in [-0.2, -0.15) is 13.2 Å². The summed E-state index contributed by atoms with van der Waals surface area (Å²) in [6.45, 7) is 2.65. The van der Waals surface area contributed by atoms with Crippen molar-refractivity contribution >= 4 is 11.3 Å². The van der Waals surface area contributed by atoms with Crippen LogP contribution in [-0.2, 0) is 13.0 Å². The zero-order valence-electron chi connectivity index (χ0n) is 11.0. The van der Waals surface area contributed by atoms with Gasteiger partial charge in [0.1, 0.15) is 5.01 Å². The smallest absolute Gasteiger partial charge is 0.308 e. The van der Waals surface area contributed by atoms with Crippen molar-refractivity contribution in [2.24, 2.45) is 5.92 Å². The van der Waals surface area contributed by atoms with Crippen molar-refractivity contribution in [1.29, 1.82) is 0 Å². The van der Waals surface area contributed by atoms with Crippen LogP contribution in [0.25, 0.3) is 0 Å². The first kappa shape index (κ1) is 14.8. The van der Waals surface area contributed by atoms with E-state index in [2.05, 4.69) is 17.2 Å². The van der Waals surface area contributed by atoms with Gasteiger partial charge < -0.3 is 5.32 Å². The highest BCUT2D eigenvalue weighted by Crippen LogP contribution is 2.37. The summed E-state index contributed by atoms with van der Waals surface area (Å²) in [6.07, 6.45) is 0.724. The van der Waals surface area contributed by atoms with Gasteiger partial charge in [-0.05, 0) is 25.7 Å². The minimum atomic E-state index is -4.04. The molecule has 2 unspecified atom stereocenters. The molecule has 1 saturated carbocycles. The molecule has 2 rings (SSSR count). The minimum Gasteiger partial charge on any atom is -0.308 e. The van der Waals surface area contributed by atoms with E-state index in [1.807, 2.05) is 6.20 Å². The molecule has 1 aromatic rings. The van der Waals surface area contributed by atoms with E-state index in [4.69, 9.17) is 0 Å². The third-order valence-electron chi connectivity index (χ3n) is 3.63. The molecule has 2 atom stereocenters. The van der Waals surface area contributed by atoms with Gasteiger partial charge in [0.2, 0.25) is 0 Å². The van der Waals surface area contributed by atoms with Crippen LogP contribution in [0.4, 0.5) is 13.2 Å². The van der Waals surface area contributed by atoms with E-state index in [9.17, 15) is 13.2 Å². The van der Waals surface area contributed by atoms with Crippen LogP contribution in [0.2, 0.25) is 0 Å². The lowest BCUT2D eigenvalue weighted by Crippen LogP contribution is -2.38. The van der Waals surface area contributed by atoms with Crippen LogP contribution in [0.5, 0.6) is 0 Å². The van der Waals surface area contributed by atoms with E-state index in [1.165, 1.54) is 4.88 Å². The van der Waals surface area contributed by atoms with Crippen molar-refractivity contribution in [3.05, 3.63) is 16.1 Å². The zero-order chi connectivity index (χ0) is 13.9. The lowest BCUT2D eigenvalue weighted by atomic mass is 9.85. The quantitative estimate of drug-likeness (QED) is 0.910. The van der Waals surface area contributed by atoms with Crippen LogP contribution >= 0.6 is 11.3 Å². The SMILES string of the molecule is CCc1cnc(CNC2CCCC(C(F)(F)F)C2)s1. The number of hydrogen-bond donors (Lipinski definition) is 1. The van der Waals surface area contributed by atoms with Crippen LogP contribution in [0.3, 0.4) is 0 Å². The highest BCUT2D eigenvalue weighted by Gasteiger charge is 2.41. The van der Waals surface area contributed by atoms with Crippen LogP contribution in [0.15, 0.2) is 6.20 Å². The van der Waals surface area contributed by atoms with Gasteiger partial charge in [-0.15, -0.1) is 11.3 Å². The third kappa shape index (κ3) is 4.18. The Hall–Kier alpha value is -0.620. The molecule has 1 aromatic heterocycles. The number of aromatic nitrogens is 1. The summed E-state index contributed by atoms with van der Waals surface area (Å²) in [4.78, 5) is 5.49. The molecule has 1 heterocycles. The van der Waals surface area contributed by atoms with Crippen LogP contribution in [0, 0.1) is 5.92 Å². The first-order valence-corrected chi connectivity index (χ1v) is 7.54. The molecule has 6 heteroatoms. The molecule has 1 fully saturated rings. The van der Waals surface area contributed by atoms with Gasteiger partial charge in [0.25, 0.3) is 0 Å². The number of nitrogens with zero attached hydrogens (tertiary/aromatic N) is 1. The van der Waals surface area contributed by atoms with Gasteiger partial charge >= 0.3 is 6.18 Å². The standard InChI is InChI=1S/C13H19F3N2S/c1-2-11-7-18-12(19-11)8-17-10-5-3-4-9(6-10)13(14,15)16/h7,9-10,17H,2-6,8H2,1H3. The van der Waals surface area contributed by atoms with Crippen LogP contribution in [-0.4, -0.2) is 17.2 Å². The Balaban J connectivity index is 1.82. The second-order valence-electron chi connectivity index (χ2n) is 5.06. The molecule has 0 spiro atoms. The van der Waals surface area contributed by atoms with E-state index in [1.54, 1.807) is 11.3 Å². The molecule has 1 aliphatic carbocycles. The fourth-order valence-corrected chi connectivity index (χ4v) is 3.31. The van der Waals surface area contributed by atoms with E-state index >= 15 is 0 Å². The lowest BCUT2D eigenvalue weighted by Gasteiger charge is -2.30. The highest BCUT2D eigenvalue weighted by molar-refractivity contribution is 7.11. The van der Waals surface area contributed by atoms with Crippen LogP contribution < -0.4 is 5.32 Å². The van der Waals surface area contributed by atoms with Gasteiger partial charge in [0.05, 0.1) is 5.92 Å². The molecule has 0 aliphatic heterocycles. The maximum Gasteiger partial charge on any atom is 0.391 e. The molecule has 0 radical (unpaired) electrons. The van der Waals surface area contributed by atoms with Gasteiger partial charge in [-0.25, -0.2) is 4.98 Å². The summed E-state index contributed by atoms with van der Waals surface area (Å²) in [5.41, 5.74) is 0. The van der Waals surface area contributed by atoms with Crippen molar-refractivity contribution in [3.63, 3.8) is 0 Å². The zero-order valence-corrected chi connectivity index (χ0v) is 11.8. The molecule has 1 N–H and O–H groups in total. The average molecular weight is 292 g/mol. The molecule has 0 amide bonds. The van der Waals surface area contributed by atoms with E-state index in [-0.39, 0.29) is 18.9 Å². The summed E-state index contributed by atoms with van der Waals surface area (Å²) in [5.74, 6) is -1.14. The monoisotopic (exact) mass is 292 g/mol. The topological polar surface area (TPSA) is 24.9 Å². The summed E-state index contributed by atoms with van der Waals surface area (Å²) in [7, 11) is 0. The van der Waals surface area contributed by atoms with Gasteiger partial charge in [-0.1, -0.05) is 13.3 Å². The number of nitrogens with one attached hydrogen (secondary N) is 1. The van der Waals surface area contributed by atoms with Gasteiger partial charge in [0.15, 0.2) is 0 Å². The molecular weight excluding hydrogens is 273 g/mol. The maximum atomic E-state index is 12.7. The van der Waals surface area contributed by atoms with Gasteiger partial charge in [0, 0.05) is 23.7 Å². The fraction of sp³-hybridized carbons (Fsp3) is 0.769. The third-order valence-corrected chi connectivity index (χ3v) is 4.77. The Morgan fingerprint density at radius 3 is 2.84 bits per heavy atom. The normalized spacial score (nSPS) is 24.6. The fourth-order valence-electron chi connectivity index (χ4n) is 2.50. The Labute approximate surface area is 115 Å². The average Bonchev–Trinajstić information content (AvgIpc) is 2.84. The van der Waals surface area contributed by atoms with E-state index in [0.29, 0.717) is 13.0 Å². The molecule has 0 saturated heterocycles. The Morgan fingerprint density at radius 2 is 2.21 bits per heavy atom. The Morgan fingerprint density at radius 1 is 1.42 bits per heavy atom. The Kier molecular flexibility index (Phi) is 4.84. The van der Waals surface area contributed by atoms with Gasteiger partial charge in [-0.3, -0.25) is 0 Å². The largest absolute Gasteiger partial charge is 0.391 e. The first-order valence-electron chi connectivity index (χ1n) is 6.72. The number of alkyl halides is 3. The second-order valence-corrected chi connectivity index (χ2v) is 6.26. The van der Waals surface area contributed by atoms with Crippen LogP contribution in [0.1, 0.15) is 42.5 Å². The summed E-state index contributed by atoms with van der Waals surface area (Å²) in [6, 6.07) is -0.0330. The molecule has 0 bridgehead atoms. The van der Waals surface area contributed by atoms with E-state index < -0.39 is 12.1 Å². The minimum absolute atomic E-state index is 0.0330. The number of thiazole rings is 1.